The molecular formula is C27H25N7O4. The Balaban J connectivity index is 1.13. The van der Waals surface area contributed by atoms with Crippen molar-refractivity contribution in [1.29, 1.82) is 0 Å². The van der Waals surface area contributed by atoms with Crippen LogP contribution in [0.25, 0.3) is 5.65 Å². The van der Waals surface area contributed by atoms with Crippen LogP contribution >= 0.6 is 0 Å². The van der Waals surface area contributed by atoms with Gasteiger partial charge in [0.05, 0.1) is 23.4 Å². The normalized spacial score (nSPS) is 11.0. The van der Waals surface area contributed by atoms with Crippen LogP contribution in [0.1, 0.15) is 38.6 Å². The lowest BCUT2D eigenvalue weighted by Crippen LogP contribution is -2.25. The van der Waals surface area contributed by atoms with Gasteiger partial charge in [-0.1, -0.05) is 29.5 Å². The molecule has 0 saturated carbocycles. The molecule has 0 atom stereocenters. The molecule has 192 valence electrons. The molecule has 11 heteroatoms. The summed E-state index contributed by atoms with van der Waals surface area (Å²) in [6, 6.07) is 17.7. The zero-order chi connectivity index (χ0) is 26.6. The SMILES string of the molecule is Cc1ccn2c(C(=O)NCc3ccc(OCc4cn(Cc5ccc([N+](=O)[O-])cc5)nn4)cc3)c(C)nc2c1. The van der Waals surface area contributed by atoms with Crippen molar-refractivity contribution >= 4 is 17.2 Å². The first-order valence-corrected chi connectivity index (χ1v) is 11.9. The third kappa shape index (κ3) is 5.51. The Labute approximate surface area is 217 Å². The number of non-ortho nitro benzene ring substituents is 1. The Kier molecular flexibility index (Phi) is 6.81. The number of benzene rings is 2. The lowest BCUT2D eigenvalue weighted by atomic mass is 10.2. The lowest BCUT2D eigenvalue weighted by Gasteiger charge is -2.08. The maximum absolute atomic E-state index is 12.8. The molecule has 0 aliphatic rings. The van der Waals surface area contributed by atoms with Crippen LogP contribution in [-0.2, 0) is 19.7 Å². The van der Waals surface area contributed by atoms with E-state index in [-0.39, 0.29) is 18.2 Å². The first-order chi connectivity index (χ1) is 18.4. The Morgan fingerprint density at radius 2 is 1.79 bits per heavy atom. The van der Waals surface area contributed by atoms with Crippen molar-refractivity contribution in [3.8, 4) is 5.75 Å². The Morgan fingerprint density at radius 3 is 2.53 bits per heavy atom. The molecule has 5 aromatic rings. The van der Waals surface area contributed by atoms with Crippen molar-refractivity contribution in [2.24, 2.45) is 0 Å². The predicted molar refractivity (Wildman–Crippen MR) is 139 cm³/mol. The maximum atomic E-state index is 12.8. The Morgan fingerprint density at radius 1 is 1.05 bits per heavy atom. The van der Waals surface area contributed by atoms with Crippen molar-refractivity contribution in [1.82, 2.24) is 29.7 Å². The summed E-state index contributed by atoms with van der Waals surface area (Å²) in [7, 11) is 0. The van der Waals surface area contributed by atoms with Gasteiger partial charge in [0.2, 0.25) is 0 Å². The molecule has 3 aromatic heterocycles. The highest BCUT2D eigenvalue weighted by atomic mass is 16.6. The fraction of sp³-hybridized carbons (Fsp3) is 0.185. The molecule has 0 bridgehead atoms. The van der Waals surface area contributed by atoms with Gasteiger partial charge in [0.25, 0.3) is 11.6 Å². The Hall–Kier alpha value is -5.06. The Bertz CT molecular complexity index is 1610. The van der Waals surface area contributed by atoms with Crippen LogP contribution in [0.3, 0.4) is 0 Å². The number of carbonyl (C=O) groups is 1. The van der Waals surface area contributed by atoms with E-state index < -0.39 is 4.92 Å². The quantitative estimate of drug-likeness (QED) is 0.234. The van der Waals surface area contributed by atoms with Gasteiger partial charge in [-0.05, 0) is 54.8 Å². The van der Waals surface area contributed by atoms with Crippen LogP contribution < -0.4 is 10.1 Å². The molecule has 0 saturated heterocycles. The molecule has 0 unspecified atom stereocenters. The number of aromatic nitrogens is 5. The van der Waals surface area contributed by atoms with E-state index in [2.05, 4.69) is 20.6 Å². The minimum atomic E-state index is -0.429. The molecule has 2 aromatic carbocycles. The molecular weight excluding hydrogens is 486 g/mol. The second-order valence-corrected chi connectivity index (χ2v) is 8.92. The van der Waals surface area contributed by atoms with Gasteiger partial charge in [-0.2, -0.15) is 0 Å². The van der Waals surface area contributed by atoms with Gasteiger partial charge in [-0.25, -0.2) is 9.67 Å². The largest absolute Gasteiger partial charge is 0.487 e. The highest BCUT2D eigenvalue weighted by Gasteiger charge is 2.16. The van der Waals surface area contributed by atoms with Crippen LogP contribution in [0.2, 0.25) is 0 Å². The summed E-state index contributed by atoms with van der Waals surface area (Å²) in [6.45, 7) is 4.88. The highest BCUT2D eigenvalue weighted by molar-refractivity contribution is 5.94. The van der Waals surface area contributed by atoms with E-state index in [1.54, 1.807) is 27.4 Å². The van der Waals surface area contributed by atoms with Gasteiger partial charge < -0.3 is 10.1 Å². The number of nitrogens with one attached hydrogen (secondary N) is 1. The van der Waals surface area contributed by atoms with Crippen molar-refractivity contribution < 1.29 is 14.5 Å². The fourth-order valence-corrected chi connectivity index (χ4v) is 4.06. The molecule has 5 rings (SSSR count). The minimum absolute atomic E-state index is 0.0481. The second-order valence-electron chi connectivity index (χ2n) is 8.92. The van der Waals surface area contributed by atoms with E-state index in [0.29, 0.717) is 35.9 Å². The molecule has 1 amide bonds. The molecule has 0 radical (unpaired) electrons. The molecule has 0 aliphatic carbocycles. The monoisotopic (exact) mass is 511 g/mol. The fourth-order valence-electron chi connectivity index (χ4n) is 4.06. The number of ether oxygens (including phenoxy) is 1. The van der Waals surface area contributed by atoms with Crippen molar-refractivity contribution in [3.05, 3.63) is 117 Å². The number of fused-ring (bicyclic) bond motifs is 1. The van der Waals surface area contributed by atoms with Gasteiger partial charge in [-0.3, -0.25) is 19.3 Å². The van der Waals surface area contributed by atoms with E-state index in [0.717, 1.165) is 22.3 Å². The molecule has 1 N–H and O–H groups in total. The summed E-state index contributed by atoms with van der Waals surface area (Å²) in [5, 5.41) is 22.0. The standard InChI is InChI=1S/C27H25N7O4/c1-18-11-12-33-25(13-18)29-19(2)26(33)27(35)28-14-20-5-9-24(10-6-20)38-17-22-16-32(31-30-22)15-21-3-7-23(8-4-21)34(36)37/h3-13,16H,14-15,17H2,1-2H3,(H,28,35). The third-order valence-electron chi connectivity index (χ3n) is 6.01. The molecule has 0 spiro atoms. The van der Waals surface area contributed by atoms with E-state index in [1.807, 2.05) is 56.4 Å². The van der Waals surface area contributed by atoms with Crippen LogP contribution in [0.15, 0.2) is 73.1 Å². The summed E-state index contributed by atoms with van der Waals surface area (Å²) >= 11 is 0. The van der Waals surface area contributed by atoms with Gasteiger partial charge in [0, 0.05) is 24.9 Å². The number of aryl methyl sites for hydroxylation is 2. The average molecular weight is 512 g/mol. The maximum Gasteiger partial charge on any atom is 0.270 e. The molecule has 38 heavy (non-hydrogen) atoms. The van der Waals surface area contributed by atoms with Crippen LogP contribution in [0, 0.1) is 24.0 Å². The number of amides is 1. The van der Waals surface area contributed by atoms with Crippen molar-refractivity contribution in [3.63, 3.8) is 0 Å². The lowest BCUT2D eigenvalue weighted by molar-refractivity contribution is -0.384. The van der Waals surface area contributed by atoms with Crippen LogP contribution in [-0.4, -0.2) is 35.2 Å². The first kappa shape index (κ1) is 24.6. The van der Waals surface area contributed by atoms with Gasteiger partial charge in [0.1, 0.15) is 29.4 Å². The molecule has 0 aliphatic heterocycles. The molecule has 0 fully saturated rings. The summed E-state index contributed by atoms with van der Waals surface area (Å²) in [5.74, 6) is 0.481. The predicted octanol–water partition coefficient (Wildman–Crippen LogP) is 4.01. The van der Waals surface area contributed by atoms with Crippen molar-refractivity contribution in [2.45, 2.75) is 33.5 Å². The van der Waals surface area contributed by atoms with E-state index in [9.17, 15) is 14.9 Å². The van der Waals surface area contributed by atoms with E-state index >= 15 is 0 Å². The van der Waals surface area contributed by atoms with E-state index in [4.69, 9.17) is 4.74 Å². The number of nitrogens with zero attached hydrogens (tertiary/aromatic N) is 6. The van der Waals surface area contributed by atoms with Crippen molar-refractivity contribution in [2.75, 3.05) is 0 Å². The number of nitro groups is 1. The number of hydrogen-bond donors (Lipinski definition) is 1. The zero-order valence-corrected chi connectivity index (χ0v) is 20.9. The number of imidazole rings is 1. The third-order valence-corrected chi connectivity index (χ3v) is 6.01. The van der Waals surface area contributed by atoms with E-state index in [1.165, 1.54) is 12.1 Å². The number of nitro benzene ring substituents is 1. The highest BCUT2D eigenvalue weighted by Crippen LogP contribution is 2.17. The first-order valence-electron chi connectivity index (χ1n) is 11.9. The number of pyridine rings is 1. The van der Waals surface area contributed by atoms with Gasteiger partial charge in [0.15, 0.2) is 0 Å². The van der Waals surface area contributed by atoms with Crippen LogP contribution in [0.4, 0.5) is 5.69 Å². The second kappa shape index (κ2) is 10.5. The van der Waals surface area contributed by atoms with Gasteiger partial charge >= 0.3 is 0 Å². The summed E-state index contributed by atoms with van der Waals surface area (Å²) in [6.07, 6.45) is 3.63. The summed E-state index contributed by atoms with van der Waals surface area (Å²) < 4.78 is 9.27. The molecule has 3 heterocycles. The smallest absolute Gasteiger partial charge is 0.270 e. The average Bonchev–Trinajstić information content (AvgIpc) is 3.49. The molecule has 11 nitrogen and oxygen atoms in total. The summed E-state index contributed by atoms with van der Waals surface area (Å²) in [4.78, 5) is 27.7. The number of hydrogen-bond acceptors (Lipinski definition) is 7. The minimum Gasteiger partial charge on any atom is -0.487 e. The zero-order valence-electron chi connectivity index (χ0n) is 20.9. The summed E-state index contributed by atoms with van der Waals surface area (Å²) in [5.41, 5.74) is 5.56. The number of carbonyl (C=O) groups excluding carboxylic acids is 1. The van der Waals surface area contributed by atoms with Gasteiger partial charge in [-0.15, -0.1) is 5.10 Å². The topological polar surface area (TPSA) is 129 Å². The number of rotatable bonds is 9. The van der Waals surface area contributed by atoms with Crippen LogP contribution in [0.5, 0.6) is 5.75 Å².